The van der Waals surface area contributed by atoms with Gasteiger partial charge < -0.3 is 30.2 Å². The van der Waals surface area contributed by atoms with Crippen molar-refractivity contribution < 1.29 is 19.0 Å². The number of benzene rings is 1. The van der Waals surface area contributed by atoms with E-state index in [0.717, 1.165) is 82.3 Å². The van der Waals surface area contributed by atoms with E-state index in [9.17, 15) is 4.79 Å². The summed E-state index contributed by atoms with van der Waals surface area (Å²) in [4.78, 5) is 16.5. The lowest BCUT2D eigenvalue weighted by atomic mass is 10.0. The van der Waals surface area contributed by atoms with Crippen LogP contribution in [0.2, 0.25) is 0 Å². The molecule has 172 valence electrons. The number of carbonyl (C=O) groups is 1. The zero-order valence-electron chi connectivity index (χ0n) is 18.5. The van der Waals surface area contributed by atoms with Gasteiger partial charge in [-0.05, 0) is 55.7 Å². The Morgan fingerprint density at radius 2 is 2.06 bits per heavy atom. The number of hydrogen-bond acceptors (Lipinski definition) is 5. The maximum absolute atomic E-state index is 12.2. The third-order valence-electron chi connectivity index (χ3n) is 5.55. The average molecular weight is 433 g/mol. The Labute approximate surface area is 185 Å². The Hall–Kier alpha value is -2.16. The molecule has 0 aromatic heterocycles. The van der Waals surface area contributed by atoms with Gasteiger partial charge in [0.15, 0.2) is 5.96 Å². The second-order valence-corrected chi connectivity index (χ2v) is 8.03. The first-order valence-electron chi connectivity index (χ1n) is 11.4. The van der Waals surface area contributed by atoms with E-state index >= 15 is 0 Å². The first-order chi connectivity index (χ1) is 15.2. The number of guanidine groups is 1. The molecule has 2 heterocycles. The molecule has 2 saturated heterocycles. The molecule has 8 nitrogen and oxygen atoms in total. The Morgan fingerprint density at radius 1 is 1.19 bits per heavy atom. The van der Waals surface area contributed by atoms with Crippen LogP contribution in [0.25, 0.3) is 0 Å². The number of carbonyl (C=O) groups excluding carboxylic acids is 1. The molecule has 0 spiro atoms. The van der Waals surface area contributed by atoms with Gasteiger partial charge in [-0.2, -0.15) is 0 Å². The number of nitrogens with one attached hydrogen (secondary N) is 3. The lowest BCUT2D eigenvalue weighted by Crippen LogP contribution is -2.37. The third kappa shape index (κ3) is 8.47. The van der Waals surface area contributed by atoms with E-state index in [1.54, 1.807) is 7.05 Å². The highest BCUT2D eigenvalue weighted by molar-refractivity contribution is 5.94. The smallest absolute Gasteiger partial charge is 0.253 e. The van der Waals surface area contributed by atoms with Crippen LogP contribution in [0.1, 0.15) is 37.7 Å². The predicted octanol–water partition coefficient (Wildman–Crippen LogP) is 2.30. The van der Waals surface area contributed by atoms with Crippen molar-refractivity contribution in [2.75, 3.05) is 51.9 Å². The van der Waals surface area contributed by atoms with Crippen molar-refractivity contribution >= 4 is 17.6 Å². The summed E-state index contributed by atoms with van der Waals surface area (Å²) in [7, 11) is 1.76. The van der Waals surface area contributed by atoms with Crippen LogP contribution >= 0.6 is 0 Å². The van der Waals surface area contributed by atoms with Crippen LogP contribution < -0.4 is 16.0 Å². The maximum atomic E-state index is 12.2. The number of rotatable bonds is 10. The Bertz CT molecular complexity index is 701. The Kier molecular flexibility index (Phi) is 10.1. The van der Waals surface area contributed by atoms with Gasteiger partial charge >= 0.3 is 0 Å². The van der Waals surface area contributed by atoms with Crippen molar-refractivity contribution in [3.63, 3.8) is 0 Å². The van der Waals surface area contributed by atoms with Crippen LogP contribution in [0.5, 0.6) is 0 Å². The molecule has 2 aliphatic rings. The number of hydrogen-bond donors (Lipinski definition) is 3. The van der Waals surface area contributed by atoms with E-state index in [1.165, 1.54) is 0 Å². The van der Waals surface area contributed by atoms with E-state index in [-0.39, 0.29) is 12.0 Å². The molecule has 1 unspecified atom stereocenters. The lowest BCUT2D eigenvalue weighted by molar-refractivity contribution is -0.124. The van der Waals surface area contributed by atoms with Crippen molar-refractivity contribution in [3.05, 3.63) is 29.8 Å². The van der Waals surface area contributed by atoms with Crippen LogP contribution in [0, 0.1) is 5.92 Å². The SMILES string of the molecule is CN=C(NCCCOCC1CCOCC1)NCc1cccc(NC(=O)C2CCCO2)c1. The fraction of sp³-hybridized carbons (Fsp3) is 0.652. The Morgan fingerprint density at radius 3 is 2.84 bits per heavy atom. The van der Waals surface area contributed by atoms with Gasteiger partial charge in [0.2, 0.25) is 0 Å². The zero-order chi connectivity index (χ0) is 21.7. The van der Waals surface area contributed by atoms with Gasteiger partial charge in [0.25, 0.3) is 5.91 Å². The number of amides is 1. The summed E-state index contributed by atoms with van der Waals surface area (Å²) >= 11 is 0. The van der Waals surface area contributed by atoms with Gasteiger partial charge in [0.1, 0.15) is 6.10 Å². The molecule has 1 aromatic rings. The summed E-state index contributed by atoms with van der Waals surface area (Å²) in [5.74, 6) is 1.32. The summed E-state index contributed by atoms with van der Waals surface area (Å²) < 4.78 is 16.6. The molecule has 3 rings (SSSR count). The van der Waals surface area contributed by atoms with E-state index in [1.807, 2.05) is 24.3 Å². The molecule has 31 heavy (non-hydrogen) atoms. The normalized spacial score (nSPS) is 19.9. The summed E-state index contributed by atoms with van der Waals surface area (Å²) in [5.41, 5.74) is 1.84. The van der Waals surface area contributed by atoms with E-state index in [0.29, 0.717) is 19.1 Å². The average Bonchev–Trinajstić information content (AvgIpc) is 3.34. The minimum absolute atomic E-state index is 0.0703. The van der Waals surface area contributed by atoms with Crippen LogP contribution in [0.4, 0.5) is 5.69 Å². The van der Waals surface area contributed by atoms with Crippen molar-refractivity contribution in [3.8, 4) is 0 Å². The minimum atomic E-state index is -0.328. The van der Waals surface area contributed by atoms with E-state index < -0.39 is 0 Å². The fourth-order valence-corrected chi connectivity index (χ4v) is 3.72. The maximum Gasteiger partial charge on any atom is 0.253 e. The lowest BCUT2D eigenvalue weighted by Gasteiger charge is -2.21. The largest absolute Gasteiger partial charge is 0.381 e. The summed E-state index contributed by atoms with van der Waals surface area (Å²) in [5, 5.41) is 9.57. The summed E-state index contributed by atoms with van der Waals surface area (Å²) in [6.07, 6.45) is 4.54. The fourth-order valence-electron chi connectivity index (χ4n) is 3.72. The van der Waals surface area contributed by atoms with Crippen LogP contribution in [-0.4, -0.2) is 64.6 Å². The topological polar surface area (TPSA) is 93.2 Å². The summed E-state index contributed by atoms with van der Waals surface area (Å²) in [6, 6.07) is 7.82. The van der Waals surface area contributed by atoms with Gasteiger partial charge in [-0.25, -0.2) is 0 Å². The van der Waals surface area contributed by atoms with E-state index in [4.69, 9.17) is 14.2 Å². The molecule has 2 aliphatic heterocycles. The van der Waals surface area contributed by atoms with Crippen molar-refractivity contribution in [1.82, 2.24) is 10.6 Å². The third-order valence-corrected chi connectivity index (χ3v) is 5.55. The number of nitrogens with zero attached hydrogens (tertiary/aromatic N) is 1. The monoisotopic (exact) mass is 432 g/mol. The van der Waals surface area contributed by atoms with Gasteiger partial charge in [-0.15, -0.1) is 0 Å². The van der Waals surface area contributed by atoms with Gasteiger partial charge in [0, 0.05) is 58.9 Å². The molecule has 0 radical (unpaired) electrons. The quantitative estimate of drug-likeness (QED) is 0.298. The standard InChI is InChI=1S/C23H36N4O4/c1-24-23(25-10-4-11-30-17-18-8-13-29-14-9-18)26-16-19-5-2-6-20(15-19)27-22(28)21-7-3-12-31-21/h2,5-6,15,18,21H,3-4,7-14,16-17H2,1H3,(H,27,28)(H2,24,25,26). The Balaban J connectivity index is 1.31. The van der Waals surface area contributed by atoms with Gasteiger partial charge in [-0.1, -0.05) is 12.1 Å². The van der Waals surface area contributed by atoms with Crippen molar-refractivity contribution in [2.24, 2.45) is 10.9 Å². The predicted molar refractivity (Wildman–Crippen MR) is 121 cm³/mol. The number of aliphatic imine (C=N–C) groups is 1. The van der Waals surface area contributed by atoms with Gasteiger partial charge in [-0.3, -0.25) is 9.79 Å². The zero-order valence-corrected chi connectivity index (χ0v) is 18.5. The molecule has 2 fully saturated rings. The number of anilines is 1. The molecule has 1 atom stereocenters. The molecule has 1 aromatic carbocycles. The van der Waals surface area contributed by atoms with Crippen molar-refractivity contribution in [1.29, 1.82) is 0 Å². The first kappa shape index (κ1) is 23.5. The molecule has 0 saturated carbocycles. The van der Waals surface area contributed by atoms with E-state index in [2.05, 4.69) is 20.9 Å². The highest BCUT2D eigenvalue weighted by Gasteiger charge is 2.23. The van der Waals surface area contributed by atoms with Crippen LogP contribution in [0.15, 0.2) is 29.3 Å². The highest BCUT2D eigenvalue weighted by atomic mass is 16.5. The highest BCUT2D eigenvalue weighted by Crippen LogP contribution is 2.16. The molecule has 0 aliphatic carbocycles. The number of ether oxygens (including phenoxy) is 3. The van der Waals surface area contributed by atoms with Crippen LogP contribution in [0.3, 0.4) is 0 Å². The summed E-state index contributed by atoms with van der Waals surface area (Å²) in [6.45, 7) is 5.37. The molecule has 8 heteroatoms. The minimum Gasteiger partial charge on any atom is -0.381 e. The van der Waals surface area contributed by atoms with Crippen molar-refractivity contribution in [2.45, 2.75) is 44.8 Å². The molecule has 3 N–H and O–H groups in total. The first-order valence-corrected chi connectivity index (χ1v) is 11.4. The molecule has 0 bridgehead atoms. The second kappa shape index (κ2) is 13.3. The van der Waals surface area contributed by atoms with Crippen LogP contribution in [-0.2, 0) is 25.5 Å². The molecular formula is C23H36N4O4. The molecular weight excluding hydrogens is 396 g/mol. The molecule has 1 amide bonds. The van der Waals surface area contributed by atoms with Gasteiger partial charge in [0.05, 0.1) is 0 Å². The second-order valence-electron chi connectivity index (χ2n) is 8.03.